The van der Waals surface area contributed by atoms with Crippen LogP contribution in [0.3, 0.4) is 0 Å². The molecule has 11 rings (SSSR count). The van der Waals surface area contributed by atoms with Gasteiger partial charge in [0.25, 0.3) is 0 Å². The van der Waals surface area contributed by atoms with Gasteiger partial charge in [0.2, 0.25) is 0 Å². The van der Waals surface area contributed by atoms with E-state index in [2.05, 4.69) is 230 Å². The first-order chi connectivity index (χ1) is 31.1. The lowest BCUT2D eigenvalue weighted by Gasteiger charge is -2.29. The van der Waals surface area contributed by atoms with Gasteiger partial charge in [-0.15, -0.1) is 0 Å². The molecule has 0 nitrogen and oxygen atoms in total. The molecule has 66 heavy (non-hydrogen) atoms. The van der Waals surface area contributed by atoms with Crippen molar-refractivity contribution >= 4 is 32.3 Å². The predicted octanol–water partition coefficient (Wildman–Crippen LogP) is 19.2. The summed E-state index contributed by atoms with van der Waals surface area (Å²) < 4.78 is 0. The van der Waals surface area contributed by atoms with E-state index in [1.807, 2.05) is 0 Å². The first-order valence-corrected chi connectivity index (χ1v) is 24.2. The first-order valence-electron chi connectivity index (χ1n) is 24.2. The minimum atomic E-state index is -0.0363. The zero-order chi connectivity index (χ0) is 46.6. The average molecular weight is 857 g/mol. The summed E-state index contributed by atoms with van der Waals surface area (Å²) in [5, 5.41) is 7.94. The molecule has 0 atom stereocenters. The van der Waals surface area contributed by atoms with Crippen LogP contribution in [0.25, 0.3) is 110 Å². The van der Waals surface area contributed by atoms with Gasteiger partial charge in [-0.1, -0.05) is 198 Å². The fourth-order valence-corrected chi connectivity index (χ4v) is 11.4. The highest BCUT2D eigenvalue weighted by Crippen LogP contribution is 2.62. The minimum absolute atomic E-state index is 0.0363. The third-order valence-corrected chi connectivity index (χ3v) is 15.2. The highest BCUT2D eigenvalue weighted by Gasteiger charge is 2.36. The molecule has 2 aliphatic carbocycles. The van der Waals surface area contributed by atoms with Crippen molar-refractivity contribution in [1.29, 1.82) is 0 Å². The van der Waals surface area contributed by atoms with Crippen molar-refractivity contribution in [3.05, 3.63) is 167 Å². The van der Waals surface area contributed by atoms with Crippen molar-refractivity contribution in [3.8, 4) is 77.9 Å². The quantitative estimate of drug-likeness (QED) is 0.155. The molecule has 0 radical (unpaired) electrons. The van der Waals surface area contributed by atoms with Crippen LogP contribution in [-0.4, -0.2) is 0 Å². The lowest BCUT2D eigenvalue weighted by Crippen LogP contribution is -2.17. The smallest absolute Gasteiger partial charge is 0.000740 e. The second-order valence-electron chi connectivity index (χ2n) is 23.9. The zero-order valence-corrected chi connectivity index (χ0v) is 41.7. The van der Waals surface area contributed by atoms with Gasteiger partial charge in [0, 0.05) is 0 Å². The van der Waals surface area contributed by atoms with Gasteiger partial charge < -0.3 is 0 Å². The normalized spacial score (nSPS) is 13.3. The average Bonchev–Trinajstić information content (AvgIpc) is 3.75. The van der Waals surface area contributed by atoms with Gasteiger partial charge >= 0.3 is 0 Å². The van der Waals surface area contributed by atoms with Crippen molar-refractivity contribution in [2.24, 2.45) is 0 Å². The molecule has 0 fully saturated rings. The van der Waals surface area contributed by atoms with Crippen LogP contribution in [0.5, 0.6) is 0 Å². The Morgan fingerprint density at radius 1 is 0.273 bits per heavy atom. The molecule has 9 aromatic carbocycles. The molecule has 0 saturated carbocycles. The van der Waals surface area contributed by atoms with E-state index in [1.165, 1.54) is 144 Å². The SMILES string of the molecule is Cc1cccc(C)c1-c1ccc2c(c1)-c1ccc3c4c(ccc-2c14)-c1c-3c(-c2cc(C(C)(C)C)cc(C(C)(C)C)c2)c2cc3ccccc3cc2c1-c1cc(C(C)(C)C)cc(C(C)(C)C)c1. The fourth-order valence-electron chi connectivity index (χ4n) is 11.4. The molecule has 0 amide bonds. The molecule has 9 aromatic rings. The lowest BCUT2D eigenvalue weighted by molar-refractivity contribution is 0.568. The number of aryl methyl sites for hydroxylation is 2. The standard InChI is InChI=1S/C66H64/c1-37-18-17-19-38(2)56(37)41-22-23-48-49-24-26-51-60-52(27-25-50(59(49)60)53(48)34-41)62-58(43-30-46(65(9,10)11)36-47(31-43)66(12,13)14)55-33-40-21-16-15-20-39(40)32-54(55)57(61(51)62)42-28-44(63(3,4)5)35-45(29-42)64(6,7)8/h15-36H,1-14H3. The minimum Gasteiger partial charge on any atom is -0.0617 e. The Hall–Kier alpha value is -6.24. The molecule has 0 N–H and O–H groups in total. The zero-order valence-electron chi connectivity index (χ0n) is 41.7. The lowest BCUT2D eigenvalue weighted by atomic mass is 9.75. The molecule has 0 spiro atoms. The van der Waals surface area contributed by atoms with Crippen LogP contribution < -0.4 is 0 Å². The number of rotatable bonds is 3. The van der Waals surface area contributed by atoms with Gasteiger partial charge in [0.15, 0.2) is 0 Å². The van der Waals surface area contributed by atoms with Crippen LogP contribution in [0.4, 0.5) is 0 Å². The predicted molar refractivity (Wildman–Crippen MR) is 288 cm³/mol. The third kappa shape index (κ3) is 6.46. The van der Waals surface area contributed by atoms with E-state index in [0.29, 0.717) is 0 Å². The second-order valence-corrected chi connectivity index (χ2v) is 23.9. The van der Waals surface area contributed by atoms with Crippen LogP contribution in [0.2, 0.25) is 0 Å². The summed E-state index contributed by atoms with van der Waals surface area (Å²) in [6.45, 7) is 32.9. The number of benzene rings is 9. The maximum atomic E-state index is 2.53. The van der Waals surface area contributed by atoms with E-state index in [1.54, 1.807) is 0 Å². The van der Waals surface area contributed by atoms with Gasteiger partial charge in [0.05, 0.1) is 0 Å². The van der Waals surface area contributed by atoms with E-state index in [0.717, 1.165) is 0 Å². The van der Waals surface area contributed by atoms with Gasteiger partial charge in [0.1, 0.15) is 0 Å². The highest BCUT2D eigenvalue weighted by molar-refractivity contribution is 6.33. The topological polar surface area (TPSA) is 0 Å². The molecule has 0 heterocycles. The Morgan fingerprint density at radius 3 is 1.08 bits per heavy atom. The van der Waals surface area contributed by atoms with Crippen molar-refractivity contribution in [1.82, 2.24) is 0 Å². The Bertz CT molecular complexity index is 3320. The molecule has 2 aliphatic rings. The molecule has 0 saturated heterocycles. The van der Waals surface area contributed by atoms with Crippen molar-refractivity contribution in [2.75, 3.05) is 0 Å². The van der Waals surface area contributed by atoms with Crippen LogP contribution >= 0.6 is 0 Å². The van der Waals surface area contributed by atoms with Crippen LogP contribution in [-0.2, 0) is 21.7 Å². The molecule has 0 unspecified atom stereocenters. The van der Waals surface area contributed by atoms with Crippen molar-refractivity contribution in [2.45, 2.75) is 119 Å². The molecule has 328 valence electrons. The summed E-state index contributed by atoms with van der Waals surface area (Å²) in [7, 11) is 0. The summed E-state index contributed by atoms with van der Waals surface area (Å²) >= 11 is 0. The van der Waals surface area contributed by atoms with Crippen molar-refractivity contribution in [3.63, 3.8) is 0 Å². The third-order valence-electron chi connectivity index (χ3n) is 15.2. The Balaban J connectivity index is 1.33. The first kappa shape index (κ1) is 42.4. The van der Waals surface area contributed by atoms with Crippen LogP contribution in [0.1, 0.15) is 116 Å². The highest BCUT2D eigenvalue weighted by atomic mass is 14.4. The molecule has 0 aliphatic heterocycles. The Morgan fingerprint density at radius 2 is 0.652 bits per heavy atom. The summed E-state index contributed by atoms with van der Waals surface area (Å²) in [4.78, 5) is 0. The number of hydrogen-bond donors (Lipinski definition) is 0. The Kier molecular flexibility index (Phi) is 9.08. The van der Waals surface area contributed by atoms with E-state index in [4.69, 9.17) is 0 Å². The van der Waals surface area contributed by atoms with Gasteiger partial charge in [-0.3, -0.25) is 0 Å². The molecule has 0 aromatic heterocycles. The number of fused-ring (bicyclic) bond motifs is 8. The van der Waals surface area contributed by atoms with E-state index >= 15 is 0 Å². The van der Waals surface area contributed by atoms with Gasteiger partial charge in [-0.2, -0.15) is 0 Å². The molecule has 0 bridgehead atoms. The fraction of sp³-hybridized carbons (Fsp3) is 0.273. The van der Waals surface area contributed by atoms with Gasteiger partial charge in [-0.05, 0) is 197 Å². The molecule has 0 heteroatoms. The van der Waals surface area contributed by atoms with Crippen LogP contribution in [0.15, 0.2) is 133 Å². The summed E-state index contributed by atoms with van der Waals surface area (Å²) in [5.41, 5.74) is 26.7. The second kappa shape index (κ2) is 14.1. The van der Waals surface area contributed by atoms with E-state index in [-0.39, 0.29) is 21.7 Å². The molecular weight excluding hydrogens is 793 g/mol. The van der Waals surface area contributed by atoms with Crippen molar-refractivity contribution < 1.29 is 0 Å². The maximum Gasteiger partial charge on any atom is -0.000740 e. The number of hydrogen-bond acceptors (Lipinski definition) is 0. The van der Waals surface area contributed by atoms with Gasteiger partial charge in [-0.25, -0.2) is 0 Å². The van der Waals surface area contributed by atoms with Crippen LogP contribution in [0, 0.1) is 13.8 Å². The van der Waals surface area contributed by atoms with E-state index in [9.17, 15) is 0 Å². The summed E-state index contributed by atoms with van der Waals surface area (Å²) in [5.74, 6) is 0. The summed E-state index contributed by atoms with van der Waals surface area (Å²) in [6.07, 6.45) is 0. The summed E-state index contributed by atoms with van der Waals surface area (Å²) in [6, 6.07) is 52.9. The van der Waals surface area contributed by atoms with E-state index < -0.39 is 0 Å². The Labute approximate surface area is 393 Å². The monoisotopic (exact) mass is 857 g/mol. The maximum absolute atomic E-state index is 2.53. The molecular formula is C66H64. The largest absolute Gasteiger partial charge is 0.0617 e.